The third kappa shape index (κ3) is 4.48. The number of ether oxygens (including phenoxy) is 1. The molecule has 0 aromatic heterocycles. The summed E-state index contributed by atoms with van der Waals surface area (Å²) in [6.45, 7) is 18.5. The minimum Gasteiger partial charge on any atom is -0.462 e. The van der Waals surface area contributed by atoms with E-state index in [1.807, 2.05) is 18.2 Å². The molecule has 9 atom stereocenters. The van der Waals surface area contributed by atoms with Crippen LogP contribution in [0.5, 0.6) is 0 Å². The molecular formula is C39H55NO4. The average molecular weight is 602 g/mol. The molecule has 1 amide bonds. The quantitative estimate of drug-likeness (QED) is 0.353. The summed E-state index contributed by atoms with van der Waals surface area (Å²) in [5, 5.41) is 3.26. The van der Waals surface area contributed by atoms with Gasteiger partial charge in [-0.05, 0) is 103 Å². The van der Waals surface area contributed by atoms with Crippen LogP contribution in [0.3, 0.4) is 0 Å². The van der Waals surface area contributed by atoms with Crippen molar-refractivity contribution in [2.45, 2.75) is 126 Å². The van der Waals surface area contributed by atoms with Crippen molar-refractivity contribution in [1.29, 1.82) is 0 Å². The predicted octanol–water partition coefficient (Wildman–Crippen LogP) is 8.22. The van der Waals surface area contributed by atoms with Crippen molar-refractivity contribution < 1.29 is 19.1 Å². The molecule has 0 saturated heterocycles. The highest BCUT2D eigenvalue weighted by atomic mass is 16.5. The number of nitrogens with one attached hydrogen (secondary N) is 1. The van der Waals surface area contributed by atoms with Crippen molar-refractivity contribution in [2.24, 2.45) is 50.2 Å². The van der Waals surface area contributed by atoms with E-state index >= 15 is 0 Å². The smallest absolute Gasteiger partial charge is 0.302 e. The van der Waals surface area contributed by atoms with E-state index in [-0.39, 0.29) is 56.9 Å². The SMILES string of the molecule is CC(=O)O[C@H]1CC[C@@]2(C)[C@H](CC[C@]3(C)[C@@H]2C(=O)C=C2[C@H]4C[C@@](C)(C(=O)NCc5ccccc5)CC[C@]4(C)CC[C@@]23C)C1(C)C. The minimum absolute atomic E-state index is 0.0476. The van der Waals surface area contributed by atoms with Crippen molar-refractivity contribution in [3.63, 3.8) is 0 Å². The second kappa shape index (κ2) is 10.3. The molecule has 5 aliphatic carbocycles. The number of benzene rings is 1. The van der Waals surface area contributed by atoms with Gasteiger partial charge in [-0.1, -0.05) is 84.4 Å². The first-order valence-corrected chi connectivity index (χ1v) is 17.3. The number of carbonyl (C=O) groups is 3. The van der Waals surface area contributed by atoms with Crippen LogP contribution in [0.1, 0.15) is 119 Å². The number of amides is 1. The van der Waals surface area contributed by atoms with Gasteiger partial charge in [0.15, 0.2) is 5.78 Å². The van der Waals surface area contributed by atoms with E-state index < -0.39 is 5.41 Å². The van der Waals surface area contributed by atoms with E-state index in [0.717, 1.165) is 63.4 Å². The van der Waals surface area contributed by atoms with E-state index in [1.165, 1.54) is 12.5 Å². The van der Waals surface area contributed by atoms with Crippen LogP contribution >= 0.6 is 0 Å². The first-order chi connectivity index (χ1) is 20.5. The van der Waals surface area contributed by atoms with Gasteiger partial charge in [0.2, 0.25) is 5.91 Å². The van der Waals surface area contributed by atoms with Gasteiger partial charge in [-0.15, -0.1) is 0 Å². The van der Waals surface area contributed by atoms with Gasteiger partial charge in [0.25, 0.3) is 0 Å². The van der Waals surface area contributed by atoms with Gasteiger partial charge in [0, 0.05) is 30.2 Å². The molecule has 0 aliphatic heterocycles. The molecule has 1 aromatic carbocycles. The van der Waals surface area contributed by atoms with Crippen molar-refractivity contribution in [2.75, 3.05) is 0 Å². The van der Waals surface area contributed by atoms with Crippen molar-refractivity contribution in [3.8, 4) is 0 Å². The van der Waals surface area contributed by atoms with Gasteiger partial charge >= 0.3 is 5.97 Å². The lowest BCUT2D eigenvalue weighted by molar-refractivity contribution is -0.210. The fourth-order valence-electron chi connectivity index (χ4n) is 11.8. The molecule has 0 unspecified atom stereocenters. The Hall–Kier alpha value is -2.43. The van der Waals surface area contributed by atoms with Gasteiger partial charge in [-0.3, -0.25) is 14.4 Å². The lowest BCUT2D eigenvalue weighted by Gasteiger charge is -2.70. The lowest BCUT2D eigenvalue weighted by atomic mass is 9.33. The highest BCUT2D eigenvalue weighted by Crippen LogP contribution is 2.75. The van der Waals surface area contributed by atoms with E-state index in [9.17, 15) is 14.4 Å². The third-order valence-electron chi connectivity index (χ3n) is 14.7. The first kappa shape index (κ1) is 31.5. The summed E-state index contributed by atoms with van der Waals surface area (Å²) >= 11 is 0. The van der Waals surface area contributed by atoms with Gasteiger partial charge in [0.1, 0.15) is 6.10 Å². The zero-order valence-electron chi connectivity index (χ0n) is 28.5. The zero-order chi connectivity index (χ0) is 31.9. The Balaban J connectivity index is 1.32. The van der Waals surface area contributed by atoms with Crippen molar-refractivity contribution in [1.82, 2.24) is 5.32 Å². The second-order valence-electron chi connectivity index (χ2n) is 17.4. The van der Waals surface area contributed by atoms with Crippen LogP contribution in [0, 0.1) is 50.2 Å². The van der Waals surface area contributed by atoms with Crippen molar-refractivity contribution in [3.05, 3.63) is 47.5 Å². The Bertz CT molecular complexity index is 1380. The summed E-state index contributed by atoms with van der Waals surface area (Å²) in [5.41, 5.74) is 1.55. The largest absolute Gasteiger partial charge is 0.462 e. The number of hydrogen-bond acceptors (Lipinski definition) is 4. The molecule has 1 N–H and O–H groups in total. The van der Waals surface area contributed by atoms with Gasteiger partial charge in [-0.25, -0.2) is 0 Å². The topological polar surface area (TPSA) is 72.5 Å². The highest BCUT2D eigenvalue weighted by molar-refractivity contribution is 5.95. The van der Waals surface area contributed by atoms with E-state index in [4.69, 9.17) is 4.74 Å². The Morgan fingerprint density at radius 3 is 2.25 bits per heavy atom. The molecule has 5 aliphatic rings. The maximum atomic E-state index is 14.7. The van der Waals surface area contributed by atoms with Gasteiger partial charge in [0.05, 0.1) is 0 Å². The predicted molar refractivity (Wildman–Crippen MR) is 173 cm³/mol. The van der Waals surface area contributed by atoms with Crippen LogP contribution in [0.15, 0.2) is 42.0 Å². The number of rotatable bonds is 4. The summed E-state index contributed by atoms with van der Waals surface area (Å²) in [4.78, 5) is 40.4. The van der Waals surface area contributed by atoms with Crippen LogP contribution < -0.4 is 5.32 Å². The van der Waals surface area contributed by atoms with Gasteiger partial charge in [-0.2, -0.15) is 0 Å². The molecule has 0 bridgehead atoms. The Kier molecular flexibility index (Phi) is 7.38. The fourth-order valence-corrected chi connectivity index (χ4v) is 11.8. The number of carbonyl (C=O) groups excluding carboxylic acids is 3. The standard InChI is InChI=1S/C39H55NO4/c1-25(41)44-31-15-16-37(6)30(34(31,2)3)14-17-39(8)32(37)29(42)22-27-28-23-36(5,19-18-35(28,4)20-21-38(27,39)7)33(43)40-24-26-12-10-9-11-13-26/h9-13,22,28,30-32H,14-21,23-24H2,1-8H3,(H,40,43)/t28-,30-,31+,32-,35-,36+,37+,38+,39-/m1/s1. The molecule has 6 rings (SSSR count). The van der Waals surface area contributed by atoms with Crippen molar-refractivity contribution >= 4 is 17.7 Å². The van der Waals surface area contributed by atoms with Crippen LogP contribution in [0.4, 0.5) is 0 Å². The number of hydrogen-bond donors (Lipinski definition) is 1. The summed E-state index contributed by atoms with van der Waals surface area (Å²) in [7, 11) is 0. The molecule has 4 fully saturated rings. The molecule has 5 nitrogen and oxygen atoms in total. The Morgan fingerprint density at radius 2 is 1.57 bits per heavy atom. The maximum Gasteiger partial charge on any atom is 0.302 e. The molecule has 0 heterocycles. The molecule has 1 aromatic rings. The highest BCUT2D eigenvalue weighted by Gasteiger charge is 2.70. The monoisotopic (exact) mass is 601 g/mol. The second-order valence-corrected chi connectivity index (χ2v) is 17.4. The first-order valence-electron chi connectivity index (χ1n) is 17.3. The molecule has 5 heteroatoms. The van der Waals surface area contributed by atoms with E-state index in [2.05, 4.69) is 72.0 Å². The van der Waals surface area contributed by atoms with E-state index in [1.54, 1.807) is 0 Å². The fraction of sp³-hybridized carbons (Fsp3) is 0.718. The Labute approximate surface area is 265 Å². The van der Waals surface area contributed by atoms with E-state index in [0.29, 0.717) is 18.2 Å². The number of fused-ring (bicyclic) bond motifs is 7. The van der Waals surface area contributed by atoms with Crippen LogP contribution in [0.2, 0.25) is 0 Å². The van der Waals surface area contributed by atoms with Crippen LogP contribution in [-0.2, 0) is 25.7 Å². The maximum absolute atomic E-state index is 14.7. The zero-order valence-corrected chi connectivity index (χ0v) is 28.5. The number of allylic oxidation sites excluding steroid dienone is 2. The third-order valence-corrected chi connectivity index (χ3v) is 14.7. The molecule has 4 saturated carbocycles. The summed E-state index contributed by atoms with van der Waals surface area (Å²) < 4.78 is 5.88. The number of ketones is 1. The van der Waals surface area contributed by atoms with Gasteiger partial charge < -0.3 is 10.1 Å². The summed E-state index contributed by atoms with van der Waals surface area (Å²) in [6, 6.07) is 10.1. The molecular weight excluding hydrogens is 546 g/mol. The summed E-state index contributed by atoms with van der Waals surface area (Å²) in [6.07, 6.45) is 10.7. The number of esters is 1. The normalized spacial score (nSPS) is 44.2. The van der Waals surface area contributed by atoms with Crippen LogP contribution in [0.25, 0.3) is 0 Å². The molecule has 0 spiro atoms. The lowest BCUT2D eigenvalue weighted by Crippen LogP contribution is -2.66. The average Bonchev–Trinajstić information content (AvgIpc) is 2.95. The summed E-state index contributed by atoms with van der Waals surface area (Å²) in [5.74, 6) is 0.731. The minimum atomic E-state index is -0.457. The van der Waals surface area contributed by atoms with Crippen LogP contribution in [-0.4, -0.2) is 23.8 Å². The molecule has 0 radical (unpaired) electrons. The Morgan fingerprint density at radius 1 is 0.886 bits per heavy atom. The molecule has 44 heavy (non-hydrogen) atoms. The molecule has 240 valence electrons.